The van der Waals surface area contributed by atoms with Crippen molar-refractivity contribution in [1.29, 1.82) is 0 Å². The fourth-order valence-electron chi connectivity index (χ4n) is 1.71. The van der Waals surface area contributed by atoms with Gasteiger partial charge in [0.2, 0.25) is 0 Å². The standard InChI is InChI=1S/C13H20N2O3S/c1-3-18-13(16)11-9(2)15-19-12(11)14-6-7-17-8-10-4-5-10/h10,14H,3-8H2,1-2H3. The highest BCUT2D eigenvalue weighted by Gasteiger charge is 2.21. The van der Waals surface area contributed by atoms with Crippen LogP contribution in [0.15, 0.2) is 0 Å². The van der Waals surface area contributed by atoms with Gasteiger partial charge in [0.05, 0.1) is 18.9 Å². The molecular weight excluding hydrogens is 264 g/mol. The molecule has 0 atom stereocenters. The van der Waals surface area contributed by atoms with Crippen LogP contribution in [0.2, 0.25) is 0 Å². The van der Waals surface area contributed by atoms with Gasteiger partial charge in [-0.05, 0) is 44.1 Å². The van der Waals surface area contributed by atoms with Crippen molar-refractivity contribution in [3.8, 4) is 0 Å². The second-order valence-corrected chi connectivity index (χ2v) is 5.41. The highest BCUT2D eigenvalue weighted by atomic mass is 32.1. The first-order chi connectivity index (χ1) is 9.22. The molecule has 1 aliphatic rings. The molecule has 0 bridgehead atoms. The van der Waals surface area contributed by atoms with Gasteiger partial charge in [0, 0.05) is 13.2 Å². The number of ether oxygens (including phenoxy) is 2. The number of hydrogen-bond acceptors (Lipinski definition) is 6. The lowest BCUT2D eigenvalue weighted by Crippen LogP contribution is -2.13. The van der Waals surface area contributed by atoms with E-state index in [-0.39, 0.29) is 5.97 Å². The van der Waals surface area contributed by atoms with Gasteiger partial charge in [-0.2, -0.15) is 4.37 Å². The number of hydrogen-bond donors (Lipinski definition) is 1. The van der Waals surface area contributed by atoms with Gasteiger partial charge in [-0.1, -0.05) is 0 Å². The van der Waals surface area contributed by atoms with Gasteiger partial charge >= 0.3 is 5.97 Å². The summed E-state index contributed by atoms with van der Waals surface area (Å²) in [6.45, 7) is 6.17. The highest BCUT2D eigenvalue weighted by molar-refractivity contribution is 7.10. The molecule has 1 fully saturated rings. The summed E-state index contributed by atoms with van der Waals surface area (Å²) >= 11 is 1.29. The molecule has 1 aromatic heterocycles. The van der Waals surface area contributed by atoms with Crippen LogP contribution in [0, 0.1) is 12.8 Å². The summed E-state index contributed by atoms with van der Waals surface area (Å²) in [6, 6.07) is 0. The van der Waals surface area contributed by atoms with Crippen LogP contribution < -0.4 is 5.32 Å². The summed E-state index contributed by atoms with van der Waals surface area (Å²) in [5.74, 6) is 0.468. The minimum atomic E-state index is -0.310. The van der Waals surface area contributed by atoms with Crippen molar-refractivity contribution >= 4 is 22.5 Å². The molecule has 5 nitrogen and oxygen atoms in total. The van der Waals surface area contributed by atoms with E-state index in [0.29, 0.717) is 31.0 Å². The van der Waals surface area contributed by atoms with Gasteiger partial charge in [-0.25, -0.2) is 4.79 Å². The Labute approximate surface area is 117 Å². The quantitative estimate of drug-likeness (QED) is 0.587. The predicted molar refractivity (Wildman–Crippen MR) is 74.8 cm³/mol. The maximum absolute atomic E-state index is 11.8. The van der Waals surface area contributed by atoms with Crippen LogP contribution in [-0.4, -0.2) is 36.7 Å². The van der Waals surface area contributed by atoms with Gasteiger partial charge < -0.3 is 14.8 Å². The van der Waals surface area contributed by atoms with Crippen molar-refractivity contribution in [3.05, 3.63) is 11.3 Å². The summed E-state index contributed by atoms with van der Waals surface area (Å²) in [5, 5.41) is 3.97. The van der Waals surface area contributed by atoms with E-state index in [1.807, 2.05) is 6.92 Å². The Balaban J connectivity index is 1.79. The number of aromatic nitrogens is 1. The van der Waals surface area contributed by atoms with Gasteiger partial charge in [0.15, 0.2) is 0 Å². The van der Waals surface area contributed by atoms with Crippen LogP contribution in [0.5, 0.6) is 0 Å². The number of nitrogens with one attached hydrogen (secondary N) is 1. The monoisotopic (exact) mass is 284 g/mol. The van der Waals surface area contributed by atoms with E-state index in [9.17, 15) is 4.79 Å². The molecule has 0 amide bonds. The van der Waals surface area contributed by atoms with Gasteiger partial charge in [-0.15, -0.1) is 0 Å². The molecule has 1 heterocycles. The van der Waals surface area contributed by atoms with Crippen LogP contribution in [0.25, 0.3) is 0 Å². The van der Waals surface area contributed by atoms with E-state index in [4.69, 9.17) is 9.47 Å². The highest BCUT2D eigenvalue weighted by Crippen LogP contribution is 2.28. The van der Waals surface area contributed by atoms with E-state index < -0.39 is 0 Å². The Morgan fingerprint density at radius 3 is 3.00 bits per heavy atom. The molecule has 0 aromatic carbocycles. The average molecular weight is 284 g/mol. The maximum Gasteiger partial charge on any atom is 0.343 e. The molecule has 0 radical (unpaired) electrons. The number of anilines is 1. The van der Waals surface area contributed by atoms with E-state index in [2.05, 4.69) is 9.69 Å². The number of carbonyl (C=O) groups excluding carboxylic acids is 1. The minimum absolute atomic E-state index is 0.310. The predicted octanol–water partition coefficient (Wildman–Crippen LogP) is 2.47. The second kappa shape index (κ2) is 6.86. The van der Waals surface area contributed by atoms with Gasteiger partial charge in [0.25, 0.3) is 0 Å². The third-order valence-corrected chi connectivity index (χ3v) is 3.82. The third-order valence-electron chi connectivity index (χ3n) is 2.92. The molecule has 0 saturated heterocycles. The summed E-state index contributed by atoms with van der Waals surface area (Å²) in [7, 11) is 0. The largest absolute Gasteiger partial charge is 0.462 e. The first kappa shape index (κ1) is 14.3. The summed E-state index contributed by atoms with van der Waals surface area (Å²) < 4.78 is 14.8. The topological polar surface area (TPSA) is 60.5 Å². The molecule has 6 heteroatoms. The van der Waals surface area contributed by atoms with Crippen LogP contribution in [0.1, 0.15) is 35.8 Å². The lowest BCUT2D eigenvalue weighted by molar-refractivity contribution is 0.0527. The summed E-state index contributed by atoms with van der Waals surface area (Å²) in [6.07, 6.45) is 2.60. The third kappa shape index (κ3) is 4.18. The smallest absolute Gasteiger partial charge is 0.343 e. The normalized spacial score (nSPS) is 14.4. The second-order valence-electron chi connectivity index (χ2n) is 4.64. The van der Waals surface area contributed by atoms with Crippen LogP contribution >= 0.6 is 11.5 Å². The summed E-state index contributed by atoms with van der Waals surface area (Å²) in [5.41, 5.74) is 1.26. The Bertz CT molecular complexity index is 430. The molecule has 0 spiro atoms. The Morgan fingerprint density at radius 2 is 2.32 bits per heavy atom. The molecule has 2 rings (SSSR count). The van der Waals surface area contributed by atoms with E-state index in [1.165, 1.54) is 24.4 Å². The number of nitrogens with zero attached hydrogens (tertiary/aromatic N) is 1. The molecule has 1 saturated carbocycles. The SMILES string of the molecule is CCOC(=O)c1c(C)nsc1NCCOCC1CC1. The Kier molecular flexibility index (Phi) is 5.15. The molecule has 106 valence electrons. The maximum atomic E-state index is 11.8. The Hall–Kier alpha value is -1.14. The number of aryl methyl sites for hydroxylation is 1. The van der Waals surface area contributed by atoms with Gasteiger partial charge in [0.1, 0.15) is 10.6 Å². The molecule has 0 unspecified atom stereocenters. The minimum Gasteiger partial charge on any atom is -0.462 e. The Morgan fingerprint density at radius 1 is 1.53 bits per heavy atom. The van der Waals surface area contributed by atoms with Gasteiger partial charge in [-0.3, -0.25) is 0 Å². The lowest BCUT2D eigenvalue weighted by atomic mass is 10.2. The van der Waals surface area contributed by atoms with Crippen molar-refractivity contribution in [1.82, 2.24) is 4.37 Å². The molecule has 1 N–H and O–H groups in total. The van der Waals surface area contributed by atoms with E-state index in [1.54, 1.807) is 6.92 Å². The first-order valence-corrected chi connectivity index (χ1v) is 7.44. The zero-order chi connectivity index (χ0) is 13.7. The molecule has 1 aromatic rings. The van der Waals surface area contributed by atoms with Crippen molar-refractivity contribution < 1.29 is 14.3 Å². The lowest BCUT2D eigenvalue weighted by Gasteiger charge is -2.07. The van der Waals surface area contributed by atoms with Crippen LogP contribution in [0.4, 0.5) is 5.00 Å². The average Bonchev–Trinajstić information content (AvgIpc) is 3.12. The van der Waals surface area contributed by atoms with E-state index >= 15 is 0 Å². The van der Waals surface area contributed by atoms with Crippen molar-refractivity contribution in [2.45, 2.75) is 26.7 Å². The van der Waals surface area contributed by atoms with Crippen LogP contribution in [-0.2, 0) is 9.47 Å². The molecule has 0 aliphatic heterocycles. The molecule has 19 heavy (non-hydrogen) atoms. The van der Waals surface area contributed by atoms with Crippen molar-refractivity contribution in [2.75, 3.05) is 31.7 Å². The summed E-state index contributed by atoms with van der Waals surface area (Å²) in [4.78, 5) is 11.8. The fraction of sp³-hybridized carbons (Fsp3) is 0.692. The zero-order valence-corrected chi connectivity index (χ0v) is 12.2. The number of carbonyl (C=O) groups is 1. The zero-order valence-electron chi connectivity index (χ0n) is 11.4. The van der Waals surface area contributed by atoms with E-state index in [0.717, 1.165) is 17.5 Å². The van der Waals surface area contributed by atoms with Crippen molar-refractivity contribution in [2.24, 2.45) is 5.92 Å². The number of esters is 1. The van der Waals surface area contributed by atoms with Crippen molar-refractivity contribution in [3.63, 3.8) is 0 Å². The van der Waals surface area contributed by atoms with Crippen LogP contribution in [0.3, 0.4) is 0 Å². The molecule has 1 aliphatic carbocycles. The first-order valence-electron chi connectivity index (χ1n) is 6.67. The fourth-order valence-corrected chi connectivity index (χ4v) is 2.51. The number of rotatable bonds is 8. The molecular formula is C13H20N2O3S.